The number of carbonyl (C=O) groups is 1. The largest absolute Gasteiger partial charge is 0.478 e. The number of fused-ring (bicyclic) bond motifs is 1. The zero-order chi connectivity index (χ0) is 9.97. The number of hydrogen-bond donors (Lipinski definition) is 2. The van der Waals surface area contributed by atoms with Crippen LogP contribution in [0, 0.1) is 0 Å². The molecule has 0 atom stereocenters. The van der Waals surface area contributed by atoms with Crippen molar-refractivity contribution in [3.8, 4) is 0 Å². The molecule has 0 bridgehead atoms. The highest BCUT2D eigenvalue weighted by atomic mass is 16.4. The number of nitrogens with one attached hydrogen (secondary N) is 1. The van der Waals surface area contributed by atoms with Gasteiger partial charge in [0.05, 0.1) is 17.4 Å². The van der Waals surface area contributed by atoms with E-state index in [9.17, 15) is 4.79 Å². The number of carboxylic acid groups (broad SMARTS) is 1. The van der Waals surface area contributed by atoms with E-state index in [0.717, 1.165) is 22.7 Å². The van der Waals surface area contributed by atoms with Gasteiger partial charge in [-0.15, -0.1) is 0 Å². The normalized spacial score (nSPS) is 11.1. The van der Waals surface area contributed by atoms with Crippen LogP contribution in [0.5, 0.6) is 0 Å². The smallest absolute Gasteiger partial charge is 0.328 e. The number of H-pyrrole nitrogens is 1. The standard InChI is InChI=1S/C10H8N2O2/c13-10(14)4-2-7-1-3-8-9(5-7)12-6-11-8/h1-6H,(H,11,12)(H,13,14)/b4-2-. The Morgan fingerprint density at radius 2 is 2.36 bits per heavy atom. The molecule has 0 aliphatic rings. The maximum Gasteiger partial charge on any atom is 0.328 e. The number of benzene rings is 1. The summed E-state index contributed by atoms with van der Waals surface area (Å²) in [6.07, 6.45) is 4.26. The molecule has 0 aliphatic heterocycles. The number of imidazole rings is 1. The van der Waals surface area contributed by atoms with Crippen LogP contribution >= 0.6 is 0 Å². The summed E-state index contributed by atoms with van der Waals surface area (Å²) in [4.78, 5) is 17.3. The number of hydrogen-bond acceptors (Lipinski definition) is 2. The Morgan fingerprint density at radius 1 is 1.50 bits per heavy atom. The second-order valence-corrected chi connectivity index (χ2v) is 2.85. The first-order valence-electron chi connectivity index (χ1n) is 4.10. The quantitative estimate of drug-likeness (QED) is 0.704. The number of nitrogens with zero attached hydrogens (tertiary/aromatic N) is 1. The maximum atomic E-state index is 10.3. The van der Waals surface area contributed by atoms with Crippen molar-refractivity contribution < 1.29 is 9.90 Å². The van der Waals surface area contributed by atoms with Gasteiger partial charge < -0.3 is 10.1 Å². The molecule has 4 nitrogen and oxygen atoms in total. The fourth-order valence-corrected chi connectivity index (χ4v) is 1.22. The van der Waals surface area contributed by atoms with Crippen molar-refractivity contribution in [3.63, 3.8) is 0 Å². The molecule has 0 radical (unpaired) electrons. The van der Waals surface area contributed by atoms with Crippen molar-refractivity contribution in [3.05, 3.63) is 36.2 Å². The van der Waals surface area contributed by atoms with Gasteiger partial charge in [0.2, 0.25) is 0 Å². The van der Waals surface area contributed by atoms with Crippen LogP contribution in [-0.4, -0.2) is 21.0 Å². The molecular weight excluding hydrogens is 180 g/mol. The average molecular weight is 188 g/mol. The summed E-state index contributed by atoms with van der Waals surface area (Å²) in [5.41, 5.74) is 2.61. The second-order valence-electron chi connectivity index (χ2n) is 2.85. The van der Waals surface area contributed by atoms with E-state index in [2.05, 4.69) is 9.97 Å². The maximum absolute atomic E-state index is 10.3. The van der Waals surface area contributed by atoms with E-state index >= 15 is 0 Å². The number of aromatic nitrogens is 2. The predicted octanol–water partition coefficient (Wildman–Crippen LogP) is 1.66. The Bertz CT molecular complexity index is 500. The highest BCUT2D eigenvalue weighted by molar-refractivity contribution is 5.86. The minimum absolute atomic E-state index is 0.837. The second kappa shape index (κ2) is 3.33. The van der Waals surface area contributed by atoms with Crippen molar-refractivity contribution in [2.24, 2.45) is 0 Å². The number of aliphatic carboxylic acids is 1. The molecule has 0 spiro atoms. The molecule has 0 unspecified atom stereocenters. The van der Waals surface area contributed by atoms with Crippen LogP contribution in [0.15, 0.2) is 30.6 Å². The van der Waals surface area contributed by atoms with Gasteiger partial charge in [0.1, 0.15) is 0 Å². The molecule has 0 aliphatic carbocycles. The molecule has 4 heteroatoms. The molecule has 2 rings (SSSR count). The van der Waals surface area contributed by atoms with Gasteiger partial charge in [0.25, 0.3) is 0 Å². The van der Waals surface area contributed by atoms with Crippen molar-refractivity contribution in [1.29, 1.82) is 0 Å². The molecule has 1 aromatic carbocycles. The monoisotopic (exact) mass is 188 g/mol. The van der Waals surface area contributed by atoms with Crippen LogP contribution in [-0.2, 0) is 4.79 Å². The van der Waals surface area contributed by atoms with Gasteiger partial charge in [0.15, 0.2) is 0 Å². The highest BCUT2D eigenvalue weighted by Gasteiger charge is 1.95. The molecule has 14 heavy (non-hydrogen) atoms. The summed E-state index contributed by atoms with van der Waals surface area (Å²) >= 11 is 0. The first kappa shape index (κ1) is 8.50. The lowest BCUT2D eigenvalue weighted by Gasteiger charge is -1.92. The zero-order valence-electron chi connectivity index (χ0n) is 7.27. The zero-order valence-corrected chi connectivity index (χ0v) is 7.27. The third-order valence-electron chi connectivity index (χ3n) is 1.86. The van der Waals surface area contributed by atoms with Crippen molar-refractivity contribution in [2.75, 3.05) is 0 Å². The molecule has 2 N–H and O–H groups in total. The van der Waals surface area contributed by atoms with Gasteiger partial charge in [0, 0.05) is 6.08 Å². The van der Waals surface area contributed by atoms with Crippen LogP contribution in [0.2, 0.25) is 0 Å². The molecule has 1 aromatic heterocycles. The highest BCUT2D eigenvalue weighted by Crippen LogP contribution is 2.12. The molecule has 0 saturated carbocycles. The van der Waals surface area contributed by atoms with Gasteiger partial charge in [-0.05, 0) is 23.8 Å². The number of aromatic amines is 1. The lowest BCUT2D eigenvalue weighted by Crippen LogP contribution is -1.85. The lowest BCUT2D eigenvalue weighted by atomic mass is 10.2. The van der Waals surface area contributed by atoms with Crippen molar-refractivity contribution in [1.82, 2.24) is 9.97 Å². The summed E-state index contributed by atoms with van der Waals surface area (Å²) in [6.45, 7) is 0. The van der Waals surface area contributed by atoms with Crippen LogP contribution in [0.3, 0.4) is 0 Å². The molecule has 0 fully saturated rings. The molecule has 2 aromatic rings. The fourth-order valence-electron chi connectivity index (χ4n) is 1.22. The van der Waals surface area contributed by atoms with E-state index in [-0.39, 0.29) is 0 Å². The van der Waals surface area contributed by atoms with Crippen molar-refractivity contribution in [2.45, 2.75) is 0 Å². The minimum Gasteiger partial charge on any atom is -0.478 e. The van der Waals surface area contributed by atoms with E-state index in [0.29, 0.717) is 0 Å². The Labute approximate surface area is 79.9 Å². The van der Waals surface area contributed by atoms with Gasteiger partial charge in [-0.1, -0.05) is 6.07 Å². The molecule has 0 saturated heterocycles. The Kier molecular flexibility index (Phi) is 2.02. The molecular formula is C10H8N2O2. The summed E-state index contributed by atoms with van der Waals surface area (Å²) in [7, 11) is 0. The van der Waals surface area contributed by atoms with Crippen LogP contribution in [0.25, 0.3) is 17.1 Å². The Morgan fingerprint density at radius 3 is 3.14 bits per heavy atom. The fraction of sp³-hybridized carbons (Fsp3) is 0. The van der Waals surface area contributed by atoms with E-state index in [1.807, 2.05) is 18.2 Å². The van der Waals surface area contributed by atoms with Gasteiger partial charge >= 0.3 is 5.97 Å². The summed E-state index contributed by atoms with van der Waals surface area (Å²) in [5, 5.41) is 8.44. The Hall–Kier alpha value is -2.10. The summed E-state index contributed by atoms with van der Waals surface area (Å²) in [6, 6.07) is 5.51. The van der Waals surface area contributed by atoms with Gasteiger partial charge in [-0.3, -0.25) is 0 Å². The number of rotatable bonds is 2. The lowest BCUT2D eigenvalue weighted by molar-refractivity contribution is -0.131. The van der Waals surface area contributed by atoms with E-state index in [1.54, 1.807) is 12.4 Å². The average Bonchev–Trinajstić information content (AvgIpc) is 2.61. The first-order chi connectivity index (χ1) is 6.75. The van der Waals surface area contributed by atoms with Gasteiger partial charge in [-0.2, -0.15) is 0 Å². The summed E-state index contributed by atoms with van der Waals surface area (Å²) in [5.74, 6) is -0.949. The van der Waals surface area contributed by atoms with Crippen LogP contribution in [0.1, 0.15) is 5.56 Å². The summed E-state index contributed by atoms with van der Waals surface area (Å²) < 4.78 is 0. The van der Waals surface area contributed by atoms with E-state index in [1.165, 1.54) is 0 Å². The molecule has 70 valence electrons. The third kappa shape index (κ3) is 1.64. The third-order valence-corrected chi connectivity index (χ3v) is 1.86. The van der Waals surface area contributed by atoms with Crippen LogP contribution in [0.4, 0.5) is 0 Å². The van der Waals surface area contributed by atoms with Crippen LogP contribution < -0.4 is 0 Å². The van der Waals surface area contributed by atoms with E-state index < -0.39 is 5.97 Å². The van der Waals surface area contributed by atoms with Gasteiger partial charge in [-0.25, -0.2) is 9.78 Å². The van der Waals surface area contributed by atoms with Crippen molar-refractivity contribution >= 4 is 23.1 Å². The minimum atomic E-state index is -0.949. The number of carboxylic acids is 1. The predicted molar refractivity (Wildman–Crippen MR) is 52.8 cm³/mol. The van der Waals surface area contributed by atoms with E-state index in [4.69, 9.17) is 5.11 Å². The molecule has 1 heterocycles. The SMILES string of the molecule is O=C(O)/C=C\c1ccc2nc[nH]c2c1. The first-order valence-corrected chi connectivity index (χ1v) is 4.10. The topological polar surface area (TPSA) is 66.0 Å². The Balaban J connectivity index is 2.39. The molecule has 0 amide bonds.